The number of amides is 1. The van der Waals surface area contributed by atoms with Crippen molar-refractivity contribution in [2.75, 3.05) is 17.7 Å². The lowest BCUT2D eigenvalue weighted by Crippen LogP contribution is -2.15. The molecule has 3 aromatic rings. The number of ether oxygens (including phenoxy) is 1. The van der Waals surface area contributed by atoms with E-state index in [1.807, 2.05) is 44.2 Å². The van der Waals surface area contributed by atoms with E-state index in [0.29, 0.717) is 28.2 Å². The van der Waals surface area contributed by atoms with Crippen LogP contribution in [0.2, 0.25) is 5.02 Å². The molecular formula is C18H18ClN5O2S. The molecule has 0 bridgehead atoms. The standard InChI is InChI=1S/C18H18ClN5O2S/c1-3-26-16-7-5-4-6-15(16)20-17(25)11-27-18-21-22-23-24(18)13-9-8-12(2)14(19)10-13/h4-10H,3,11H2,1-2H3,(H,20,25). The van der Waals surface area contributed by atoms with Crippen LogP contribution >= 0.6 is 23.4 Å². The molecule has 2 aromatic carbocycles. The van der Waals surface area contributed by atoms with E-state index in [1.54, 1.807) is 16.8 Å². The Hall–Kier alpha value is -2.58. The van der Waals surface area contributed by atoms with Crippen molar-refractivity contribution in [2.24, 2.45) is 0 Å². The second-order valence-electron chi connectivity index (χ2n) is 5.57. The van der Waals surface area contributed by atoms with Crippen molar-refractivity contribution >= 4 is 35.0 Å². The number of carbonyl (C=O) groups excluding carboxylic acids is 1. The number of carbonyl (C=O) groups is 1. The Morgan fingerprint density at radius 1 is 1.30 bits per heavy atom. The molecule has 1 N–H and O–H groups in total. The highest BCUT2D eigenvalue weighted by Crippen LogP contribution is 2.25. The highest BCUT2D eigenvalue weighted by Gasteiger charge is 2.13. The maximum absolute atomic E-state index is 12.3. The number of para-hydroxylation sites is 2. The minimum Gasteiger partial charge on any atom is -0.492 e. The lowest BCUT2D eigenvalue weighted by Gasteiger charge is -2.11. The summed E-state index contributed by atoms with van der Waals surface area (Å²) < 4.78 is 7.07. The van der Waals surface area contributed by atoms with Crippen LogP contribution in [0.5, 0.6) is 5.75 Å². The maximum Gasteiger partial charge on any atom is 0.234 e. The van der Waals surface area contributed by atoms with Crippen molar-refractivity contribution in [3.05, 3.63) is 53.1 Å². The van der Waals surface area contributed by atoms with Gasteiger partial charge in [-0.05, 0) is 54.1 Å². The maximum atomic E-state index is 12.3. The molecule has 1 aromatic heterocycles. The summed E-state index contributed by atoms with van der Waals surface area (Å²) in [6.45, 7) is 4.34. The van der Waals surface area contributed by atoms with Crippen LogP contribution < -0.4 is 10.1 Å². The van der Waals surface area contributed by atoms with Crippen LogP contribution in [-0.2, 0) is 4.79 Å². The highest BCUT2D eigenvalue weighted by molar-refractivity contribution is 7.99. The normalized spacial score (nSPS) is 10.6. The number of aryl methyl sites for hydroxylation is 1. The van der Waals surface area contributed by atoms with Gasteiger partial charge in [-0.15, -0.1) is 5.10 Å². The smallest absolute Gasteiger partial charge is 0.234 e. The number of halogens is 1. The number of nitrogens with one attached hydrogen (secondary N) is 1. The molecule has 7 nitrogen and oxygen atoms in total. The van der Waals surface area contributed by atoms with Crippen LogP contribution in [0.15, 0.2) is 47.6 Å². The average molecular weight is 404 g/mol. The Kier molecular flexibility index (Phi) is 6.31. The van der Waals surface area contributed by atoms with E-state index < -0.39 is 0 Å². The van der Waals surface area contributed by atoms with Gasteiger partial charge in [0.2, 0.25) is 11.1 Å². The fourth-order valence-electron chi connectivity index (χ4n) is 2.31. The highest BCUT2D eigenvalue weighted by atomic mass is 35.5. The molecule has 0 aliphatic rings. The fourth-order valence-corrected chi connectivity index (χ4v) is 3.18. The number of hydrogen-bond donors (Lipinski definition) is 1. The molecule has 0 radical (unpaired) electrons. The van der Waals surface area contributed by atoms with Gasteiger partial charge in [-0.25, -0.2) is 0 Å². The number of rotatable bonds is 7. The Balaban J connectivity index is 1.67. The molecule has 0 spiro atoms. The second-order valence-corrected chi connectivity index (χ2v) is 6.92. The summed E-state index contributed by atoms with van der Waals surface area (Å²) >= 11 is 7.41. The summed E-state index contributed by atoms with van der Waals surface area (Å²) in [4.78, 5) is 12.3. The van der Waals surface area contributed by atoms with E-state index >= 15 is 0 Å². The zero-order valence-corrected chi connectivity index (χ0v) is 16.4. The minimum absolute atomic E-state index is 0.153. The monoisotopic (exact) mass is 403 g/mol. The Morgan fingerprint density at radius 2 is 2.11 bits per heavy atom. The zero-order chi connectivity index (χ0) is 19.2. The predicted molar refractivity (Wildman–Crippen MR) is 106 cm³/mol. The molecule has 0 fully saturated rings. The lowest BCUT2D eigenvalue weighted by molar-refractivity contribution is -0.113. The average Bonchev–Trinajstić information content (AvgIpc) is 3.13. The molecule has 0 saturated heterocycles. The van der Waals surface area contributed by atoms with Gasteiger partial charge in [0.15, 0.2) is 0 Å². The summed E-state index contributed by atoms with van der Waals surface area (Å²) in [7, 11) is 0. The van der Waals surface area contributed by atoms with Gasteiger partial charge < -0.3 is 10.1 Å². The van der Waals surface area contributed by atoms with Crippen molar-refractivity contribution in [1.82, 2.24) is 20.2 Å². The molecule has 1 heterocycles. The Bertz CT molecular complexity index is 947. The van der Waals surface area contributed by atoms with Gasteiger partial charge in [-0.2, -0.15) is 4.68 Å². The van der Waals surface area contributed by atoms with Crippen LogP contribution in [0.25, 0.3) is 5.69 Å². The van der Waals surface area contributed by atoms with Gasteiger partial charge in [-0.1, -0.05) is 41.6 Å². The van der Waals surface area contributed by atoms with Gasteiger partial charge in [-0.3, -0.25) is 4.79 Å². The minimum atomic E-state index is -0.177. The molecular weight excluding hydrogens is 386 g/mol. The number of benzene rings is 2. The first-order chi connectivity index (χ1) is 13.1. The molecule has 0 saturated carbocycles. The van der Waals surface area contributed by atoms with Gasteiger partial charge in [0.25, 0.3) is 0 Å². The van der Waals surface area contributed by atoms with Crippen LogP contribution in [0, 0.1) is 6.92 Å². The van der Waals surface area contributed by atoms with Crippen LogP contribution in [0.4, 0.5) is 5.69 Å². The summed E-state index contributed by atoms with van der Waals surface area (Å²) in [5, 5.41) is 15.6. The number of nitrogens with zero attached hydrogens (tertiary/aromatic N) is 4. The lowest BCUT2D eigenvalue weighted by atomic mass is 10.2. The van der Waals surface area contributed by atoms with Crippen LogP contribution in [0.1, 0.15) is 12.5 Å². The third-order valence-corrected chi connectivity index (χ3v) is 4.96. The fraction of sp³-hybridized carbons (Fsp3) is 0.222. The van der Waals surface area contributed by atoms with Crippen molar-refractivity contribution in [3.63, 3.8) is 0 Å². The topological polar surface area (TPSA) is 81.9 Å². The Labute approximate surface area is 166 Å². The van der Waals surface area contributed by atoms with Crippen LogP contribution in [-0.4, -0.2) is 38.5 Å². The first kappa shape index (κ1) is 19.2. The molecule has 9 heteroatoms. The molecule has 0 atom stereocenters. The van der Waals surface area contributed by atoms with E-state index in [0.717, 1.165) is 11.3 Å². The van der Waals surface area contributed by atoms with E-state index in [1.165, 1.54) is 11.8 Å². The number of tetrazole rings is 1. The molecule has 0 unspecified atom stereocenters. The molecule has 140 valence electrons. The summed E-state index contributed by atoms with van der Waals surface area (Å²) in [5.41, 5.74) is 2.34. The van der Waals surface area contributed by atoms with Gasteiger partial charge in [0.1, 0.15) is 5.75 Å². The van der Waals surface area contributed by atoms with E-state index in [9.17, 15) is 4.79 Å². The van der Waals surface area contributed by atoms with E-state index in [-0.39, 0.29) is 11.7 Å². The summed E-state index contributed by atoms with van der Waals surface area (Å²) in [5.74, 6) is 0.613. The van der Waals surface area contributed by atoms with Crippen molar-refractivity contribution in [3.8, 4) is 11.4 Å². The second kappa shape index (κ2) is 8.88. The molecule has 1 amide bonds. The van der Waals surface area contributed by atoms with E-state index in [4.69, 9.17) is 16.3 Å². The molecule has 0 aliphatic carbocycles. The van der Waals surface area contributed by atoms with Crippen molar-refractivity contribution in [1.29, 1.82) is 0 Å². The first-order valence-corrected chi connectivity index (χ1v) is 9.64. The third-order valence-electron chi connectivity index (χ3n) is 3.63. The number of thioether (sulfide) groups is 1. The summed E-state index contributed by atoms with van der Waals surface area (Å²) in [6.07, 6.45) is 0. The third kappa shape index (κ3) is 4.78. The number of aromatic nitrogens is 4. The van der Waals surface area contributed by atoms with Crippen molar-refractivity contribution in [2.45, 2.75) is 19.0 Å². The van der Waals surface area contributed by atoms with Crippen LogP contribution in [0.3, 0.4) is 0 Å². The largest absolute Gasteiger partial charge is 0.492 e. The van der Waals surface area contributed by atoms with Gasteiger partial charge >= 0.3 is 0 Å². The number of anilines is 1. The van der Waals surface area contributed by atoms with Gasteiger partial charge in [0.05, 0.1) is 23.7 Å². The first-order valence-electron chi connectivity index (χ1n) is 8.28. The van der Waals surface area contributed by atoms with Crippen molar-refractivity contribution < 1.29 is 9.53 Å². The van der Waals surface area contributed by atoms with Gasteiger partial charge in [0, 0.05) is 5.02 Å². The van der Waals surface area contributed by atoms with E-state index in [2.05, 4.69) is 20.8 Å². The summed E-state index contributed by atoms with van der Waals surface area (Å²) in [6, 6.07) is 12.9. The number of hydrogen-bond acceptors (Lipinski definition) is 6. The molecule has 3 rings (SSSR count). The molecule has 0 aliphatic heterocycles. The Morgan fingerprint density at radius 3 is 2.89 bits per heavy atom. The molecule has 27 heavy (non-hydrogen) atoms. The quantitative estimate of drug-likeness (QED) is 0.605. The zero-order valence-electron chi connectivity index (χ0n) is 14.8. The SMILES string of the molecule is CCOc1ccccc1NC(=O)CSc1nnnn1-c1ccc(C)c(Cl)c1. The predicted octanol–water partition coefficient (Wildman–Crippen LogP) is 3.75.